The first-order valence-corrected chi connectivity index (χ1v) is 7.15. The van der Waals surface area contributed by atoms with Crippen LogP contribution in [-0.4, -0.2) is 47.6 Å². The van der Waals surface area contributed by atoms with E-state index >= 15 is 0 Å². The number of likely N-dealkylation sites (N-methyl/N-ethyl adjacent to an activating group) is 2. The Kier molecular flexibility index (Phi) is 2.69. The average Bonchev–Trinajstić information content (AvgIpc) is 2.98. The van der Waals surface area contributed by atoms with Gasteiger partial charge in [-0.15, -0.1) is 0 Å². The molecule has 2 aromatic rings. The van der Waals surface area contributed by atoms with E-state index in [1.807, 2.05) is 6.07 Å². The van der Waals surface area contributed by atoms with Gasteiger partial charge < -0.3 is 4.42 Å². The van der Waals surface area contributed by atoms with Crippen LogP contribution in [0.4, 0.5) is 0 Å². The predicted octanol–water partition coefficient (Wildman–Crippen LogP) is 0.426. The Morgan fingerprint density at radius 2 is 1.83 bits per heavy atom. The summed E-state index contributed by atoms with van der Waals surface area (Å²) < 4.78 is 5.18. The highest BCUT2D eigenvalue weighted by Gasteiger charge is 2.54. The Bertz CT molecular complexity index is 946. The minimum Gasteiger partial charge on any atom is -0.423 e. The largest absolute Gasteiger partial charge is 0.423 e. The van der Waals surface area contributed by atoms with Crippen LogP contribution in [0.15, 0.2) is 44.6 Å². The molecule has 1 aromatic carbocycles. The molecule has 1 aromatic heterocycles. The van der Waals surface area contributed by atoms with Crippen molar-refractivity contribution in [2.75, 3.05) is 14.1 Å². The van der Waals surface area contributed by atoms with Gasteiger partial charge in [0.2, 0.25) is 5.91 Å². The van der Waals surface area contributed by atoms with Crippen molar-refractivity contribution in [3.05, 3.63) is 46.3 Å². The summed E-state index contributed by atoms with van der Waals surface area (Å²) in [6.45, 7) is 0. The van der Waals surface area contributed by atoms with Gasteiger partial charge in [0, 0.05) is 31.1 Å². The second kappa shape index (κ2) is 4.52. The molecule has 0 aliphatic carbocycles. The van der Waals surface area contributed by atoms with E-state index in [0.717, 1.165) is 4.90 Å². The summed E-state index contributed by atoms with van der Waals surface area (Å²) in [5.74, 6) is -1.28. The lowest BCUT2D eigenvalue weighted by molar-refractivity contribution is -0.138. The monoisotopic (exact) mass is 311 g/mol. The van der Waals surface area contributed by atoms with Gasteiger partial charge in [-0.1, -0.05) is 18.2 Å². The number of carbonyl (C=O) groups excluding carboxylic acids is 2. The summed E-state index contributed by atoms with van der Waals surface area (Å²) in [7, 11) is 3.12. The van der Waals surface area contributed by atoms with Crippen molar-refractivity contribution in [1.82, 2.24) is 9.91 Å². The second-order valence-corrected chi connectivity index (χ2v) is 5.69. The second-order valence-electron chi connectivity index (χ2n) is 5.69. The zero-order valence-electron chi connectivity index (χ0n) is 12.5. The molecular formula is C16H13N3O4. The van der Waals surface area contributed by atoms with E-state index in [2.05, 4.69) is 5.10 Å². The minimum absolute atomic E-state index is 0.284. The van der Waals surface area contributed by atoms with E-state index in [1.54, 1.807) is 25.2 Å². The topological polar surface area (TPSA) is 83.2 Å². The van der Waals surface area contributed by atoms with Gasteiger partial charge >= 0.3 is 5.63 Å². The lowest BCUT2D eigenvalue weighted by atomic mass is 9.91. The van der Waals surface area contributed by atoms with E-state index in [1.165, 1.54) is 18.1 Å². The van der Waals surface area contributed by atoms with Crippen LogP contribution in [0.2, 0.25) is 0 Å². The number of imide groups is 1. The van der Waals surface area contributed by atoms with Crippen molar-refractivity contribution in [3.8, 4) is 0 Å². The van der Waals surface area contributed by atoms with Crippen molar-refractivity contribution in [1.29, 1.82) is 0 Å². The fourth-order valence-electron chi connectivity index (χ4n) is 3.27. The average molecular weight is 311 g/mol. The number of hydrazone groups is 1. The number of hydrogen-bond donors (Lipinski definition) is 0. The maximum atomic E-state index is 12.4. The normalized spacial score (nSPS) is 23.7. The van der Waals surface area contributed by atoms with Gasteiger partial charge in [0.1, 0.15) is 17.5 Å². The molecule has 0 saturated carbocycles. The first kappa shape index (κ1) is 13.7. The SMILES string of the molecule is CN1C(=O)C2C(c3cc(=O)oc4ccccc34)=NN(C)C2C1=O. The van der Waals surface area contributed by atoms with Crippen LogP contribution in [0.25, 0.3) is 11.0 Å². The van der Waals surface area contributed by atoms with Gasteiger partial charge in [0.05, 0.1) is 5.71 Å². The van der Waals surface area contributed by atoms with Gasteiger partial charge in [-0.3, -0.25) is 19.5 Å². The first-order chi connectivity index (χ1) is 11.0. The van der Waals surface area contributed by atoms with Crippen LogP contribution in [0.3, 0.4) is 0 Å². The minimum atomic E-state index is -0.692. The van der Waals surface area contributed by atoms with Crippen LogP contribution in [0.1, 0.15) is 5.56 Å². The zero-order chi connectivity index (χ0) is 16.3. The summed E-state index contributed by atoms with van der Waals surface area (Å²) >= 11 is 0. The molecule has 2 unspecified atom stereocenters. The third kappa shape index (κ3) is 1.76. The van der Waals surface area contributed by atoms with E-state index in [0.29, 0.717) is 22.2 Å². The van der Waals surface area contributed by atoms with Gasteiger partial charge in [0.25, 0.3) is 5.91 Å². The van der Waals surface area contributed by atoms with Crippen molar-refractivity contribution in [3.63, 3.8) is 0 Å². The molecule has 2 atom stereocenters. The van der Waals surface area contributed by atoms with Crippen LogP contribution in [-0.2, 0) is 9.59 Å². The smallest absolute Gasteiger partial charge is 0.336 e. The van der Waals surface area contributed by atoms with Crippen molar-refractivity contribution in [2.24, 2.45) is 11.0 Å². The molecule has 23 heavy (non-hydrogen) atoms. The summed E-state index contributed by atoms with van der Waals surface area (Å²) in [5.41, 5.74) is 0.878. The molecule has 0 N–H and O–H groups in total. The molecule has 3 heterocycles. The van der Waals surface area contributed by atoms with Crippen LogP contribution >= 0.6 is 0 Å². The number of hydrogen-bond acceptors (Lipinski definition) is 6. The number of rotatable bonds is 1. The maximum absolute atomic E-state index is 12.4. The van der Waals surface area contributed by atoms with Gasteiger partial charge in [-0.05, 0) is 6.07 Å². The molecule has 1 saturated heterocycles. The summed E-state index contributed by atoms with van der Waals surface area (Å²) in [5, 5.41) is 6.55. The summed E-state index contributed by atoms with van der Waals surface area (Å²) in [6.07, 6.45) is 0. The highest BCUT2D eigenvalue weighted by Crippen LogP contribution is 2.34. The zero-order valence-corrected chi connectivity index (χ0v) is 12.5. The number of carbonyl (C=O) groups is 2. The lowest BCUT2D eigenvalue weighted by Gasteiger charge is -2.14. The Morgan fingerprint density at radius 1 is 1.09 bits per heavy atom. The number of benzene rings is 1. The number of likely N-dealkylation sites (tertiary alicyclic amines) is 1. The van der Waals surface area contributed by atoms with Gasteiger partial charge in [-0.2, -0.15) is 5.10 Å². The third-order valence-corrected chi connectivity index (χ3v) is 4.38. The number of amides is 2. The van der Waals surface area contributed by atoms with Crippen LogP contribution in [0.5, 0.6) is 0 Å². The standard InChI is InChI=1S/C16H13N3O4/c1-18-15(21)12-13(17-19(2)14(12)16(18)22)9-7-11(20)23-10-6-4-3-5-8(9)10/h3-7,12,14H,1-2H3. The molecule has 0 radical (unpaired) electrons. The summed E-state index contributed by atoms with van der Waals surface area (Å²) in [4.78, 5) is 37.6. The molecular weight excluding hydrogens is 298 g/mol. The quantitative estimate of drug-likeness (QED) is 0.563. The van der Waals surface area contributed by atoms with Gasteiger partial charge in [0.15, 0.2) is 0 Å². The highest BCUT2D eigenvalue weighted by atomic mass is 16.4. The molecule has 2 amide bonds. The Morgan fingerprint density at radius 3 is 2.61 bits per heavy atom. The van der Waals surface area contributed by atoms with E-state index < -0.39 is 17.6 Å². The first-order valence-electron chi connectivity index (χ1n) is 7.15. The molecule has 116 valence electrons. The molecule has 4 rings (SSSR count). The Labute approximate surface area is 130 Å². The van der Waals surface area contributed by atoms with Crippen molar-refractivity contribution < 1.29 is 14.0 Å². The van der Waals surface area contributed by atoms with Crippen LogP contribution < -0.4 is 5.63 Å². The molecule has 7 heteroatoms. The molecule has 2 aliphatic rings. The Balaban J connectivity index is 1.96. The number of nitrogens with zero attached hydrogens (tertiary/aromatic N) is 3. The van der Waals surface area contributed by atoms with Crippen molar-refractivity contribution >= 4 is 28.5 Å². The predicted molar refractivity (Wildman–Crippen MR) is 81.8 cm³/mol. The van der Waals surface area contributed by atoms with E-state index in [9.17, 15) is 14.4 Å². The van der Waals surface area contributed by atoms with E-state index in [4.69, 9.17) is 4.42 Å². The number of fused-ring (bicyclic) bond motifs is 2. The van der Waals surface area contributed by atoms with Crippen LogP contribution in [0, 0.1) is 5.92 Å². The third-order valence-electron chi connectivity index (χ3n) is 4.38. The molecule has 2 aliphatic heterocycles. The molecule has 7 nitrogen and oxygen atoms in total. The molecule has 0 spiro atoms. The fourth-order valence-corrected chi connectivity index (χ4v) is 3.27. The molecule has 1 fully saturated rings. The van der Waals surface area contributed by atoms with Gasteiger partial charge in [-0.25, -0.2) is 4.79 Å². The van der Waals surface area contributed by atoms with E-state index in [-0.39, 0.29) is 11.8 Å². The van der Waals surface area contributed by atoms with Crippen molar-refractivity contribution in [2.45, 2.75) is 6.04 Å². The lowest BCUT2D eigenvalue weighted by Crippen LogP contribution is -2.35. The maximum Gasteiger partial charge on any atom is 0.336 e. The molecule has 0 bridgehead atoms. The highest BCUT2D eigenvalue weighted by molar-refractivity contribution is 6.26. The number of para-hydroxylation sites is 1. The summed E-state index contributed by atoms with van der Waals surface area (Å²) in [6, 6.07) is 7.75. The Hall–Kier alpha value is -2.96. The fraction of sp³-hybridized carbons (Fsp3) is 0.250.